The smallest absolute Gasteiger partial charge is 0.231 e. The molecule has 1 heterocycles. The van der Waals surface area contributed by atoms with Crippen LogP contribution >= 0.6 is 23.5 Å². The van der Waals surface area contributed by atoms with Crippen LogP contribution in [0, 0.1) is 13.8 Å². The molecular formula is C24H24O2S2. The molecule has 3 aromatic rings. The van der Waals surface area contributed by atoms with E-state index in [1.54, 1.807) is 0 Å². The van der Waals surface area contributed by atoms with E-state index in [0.29, 0.717) is 11.4 Å². The third-order valence-corrected chi connectivity index (χ3v) is 7.68. The molecule has 4 rings (SSSR count). The second-order valence-electron chi connectivity index (χ2n) is 7.04. The zero-order valence-electron chi connectivity index (χ0n) is 16.2. The van der Waals surface area contributed by atoms with Crippen LogP contribution < -0.4 is 9.47 Å². The van der Waals surface area contributed by atoms with E-state index < -0.39 is 0 Å². The zero-order valence-corrected chi connectivity index (χ0v) is 17.8. The van der Waals surface area contributed by atoms with Gasteiger partial charge in [-0.15, -0.1) is 23.5 Å². The number of aryl methyl sites for hydroxylation is 2. The van der Waals surface area contributed by atoms with Crippen LogP contribution in [-0.2, 0) is 11.5 Å². The first kappa shape index (κ1) is 19.3. The lowest BCUT2D eigenvalue weighted by Crippen LogP contribution is -1.94. The summed E-state index contributed by atoms with van der Waals surface area (Å²) in [7, 11) is 0. The molecule has 0 aromatic heterocycles. The van der Waals surface area contributed by atoms with Crippen LogP contribution in [0.2, 0.25) is 0 Å². The van der Waals surface area contributed by atoms with E-state index in [1.165, 1.54) is 27.8 Å². The summed E-state index contributed by atoms with van der Waals surface area (Å²) in [6, 6.07) is 24.0. The van der Waals surface area contributed by atoms with E-state index in [1.807, 2.05) is 29.6 Å². The Balaban J connectivity index is 1.49. The highest BCUT2D eigenvalue weighted by atomic mass is 32.2. The summed E-state index contributed by atoms with van der Waals surface area (Å²) in [5.41, 5.74) is 6.60. The van der Waals surface area contributed by atoms with Crippen molar-refractivity contribution in [3.8, 4) is 11.5 Å². The fraction of sp³-hybridized carbons (Fsp3) is 0.250. The van der Waals surface area contributed by atoms with Crippen LogP contribution in [0.5, 0.6) is 11.5 Å². The van der Waals surface area contributed by atoms with Crippen molar-refractivity contribution in [1.29, 1.82) is 0 Å². The molecule has 0 atom stereocenters. The molecule has 0 fully saturated rings. The minimum Gasteiger partial charge on any atom is -0.454 e. The first-order valence-electron chi connectivity index (χ1n) is 9.41. The number of ether oxygens (including phenoxy) is 2. The largest absolute Gasteiger partial charge is 0.454 e. The second-order valence-corrected chi connectivity index (χ2v) is 9.52. The van der Waals surface area contributed by atoms with E-state index in [0.717, 1.165) is 23.0 Å². The maximum atomic E-state index is 5.60. The Morgan fingerprint density at radius 2 is 1.25 bits per heavy atom. The van der Waals surface area contributed by atoms with Crippen molar-refractivity contribution in [3.05, 3.63) is 94.5 Å². The molecule has 0 spiro atoms. The van der Waals surface area contributed by atoms with Crippen molar-refractivity contribution in [2.75, 3.05) is 6.79 Å². The van der Waals surface area contributed by atoms with Gasteiger partial charge in [-0.3, -0.25) is 0 Å². The van der Waals surface area contributed by atoms with Crippen LogP contribution in [0.3, 0.4) is 0 Å². The van der Waals surface area contributed by atoms with Crippen molar-refractivity contribution in [2.24, 2.45) is 0 Å². The third kappa shape index (κ3) is 4.86. The Kier molecular flexibility index (Phi) is 6.18. The molecule has 0 N–H and O–H groups in total. The van der Waals surface area contributed by atoms with Gasteiger partial charge in [0.2, 0.25) is 6.79 Å². The summed E-state index contributed by atoms with van der Waals surface area (Å²) in [5, 5.41) is 0. The van der Waals surface area contributed by atoms with Crippen LogP contribution in [0.25, 0.3) is 0 Å². The van der Waals surface area contributed by atoms with E-state index in [-0.39, 0.29) is 0 Å². The highest BCUT2D eigenvalue weighted by Crippen LogP contribution is 2.45. The molecule has 0 saturated carbocycles. The molecule has 144 valence electrons. The van der Waals surface area contributed by atoms with Gasteiger partial charge in [0.15, 0.2) is 11.5 Å². The summed E-state index contributed by atoms with van der Waals surface area (Å²) in [6.07, 6.45) is 0. The van der Waals surface area contributed by atoms with Gasteiger partial charge in [0.05, 0.1) is 4.58 Å². The summed E-state index contributed by atoms with van der Waals surface area (Å²) in [4.78, 5) is 0. The average Bonchev–Trinajstić information content (AvgIpc) is 3.18. The van der Waals surface area contributed by atoms with Crippen LogP contribution in [0.15, 0.2) is 66.7 Å². The molecule has 0 amide bonds. The summed E-state index contributed by atoms with van der Waals surface area (Å²) >= 11 is 3.94. The lowest BCUT2D eigenvalue weighted by molar-refractivity contribution is 0.174. The third-order valence-electron chi connectivity index (χ3n) is 4.71. The Morgan fingerprint density at radius 1 is 0.714 bits per heavy atom. The topological polar surface area (TPSA) is 18.5 Å². The van der Waals surface area contributed by atoms with Gasteiger partial charge in [0.25, 0.3) is 0 Å². The van der Waals surface area contributed by atoms with Gasteiger partial charge in [0.1, 0.15) is 0 Å². The second kappa shape index (κ2) is 8.97. The fourth-order valence-electron chi connectivity index (χ4n) is 3.01. The number of hydrogen-bond donors (Lipinski definition) is 0. The van der Waals surface area contributed by atoms with Crippen LogP contribution in [-0.4, -0.2) is 6.79 Å². The molecule has 0 saturated heterocycles. The molecule has 1 aliphatic rings. The Bertz CT molecular complexity index is 871. The molecule has 1 aliphatic heterocycles. The van der Waals surface area contributed by atoms with Crippen molar-refractivity contribution in [3.63, 3.8) is 0 Å². The minimum absolute atomic E-state index is 0.316. The van der Waals surface area contributed by atoms with Crippen LogP contribution in [0.1, 0.15) is 32.4 Å². The van der Waals surface area contributed by atoms with Gasteiger partial charge >= 0.3 is 0 Å². The molecular weight excluding hydrogens is 384 g/mol. The maximum Gasteiger partial charge on any atom is 0.231 e. The molecule has 28 heavy (non-hydrogen) atoms. The highest BCUT2D eigenvalue weighted by Gasteiger charge is 2.19. The lowest BCUT2D eigenvalue weighted by atomic mass is 10.2. The van der Waals surface area contributed by atoms with Gasteiger partial charge in [-0.1, -0.05) is 65.7 Å². The Morgan fingerprint density at radius 3 is 1.82 bits per heavy atom. The lowest BCUT2D eigenvalue weighted by Gasteiger charge is -2.18. The maximum absolute atomic E-state index is 5.60. The quantitative estimate of drug-likeness (QED) is 0.396. The molecule has 0 unspecified atom stereocenters. The predicted molar refractivity (Wildman–Crippen MR) is 120 cm³/mol. The Hall–Kier alpha value is -2.04. The standard InChI is InChI=1S/C24H24O2S2/c1-17-3-7-19(8-4-17)14-27-24(28-15-20-9-5-18(2)6-10-20)21-11-12-22-23(13-21)26-16-25-22/h3-13,24H,14-16H2,1-2H3. The summed E-state index contributed by atoms with van der Waals surface area (Å²) in [5.74, 6) is 3.67. The van der Waals surface area contributed by atoms with Gasteiger partial charge in [-0.05, 0) is 42.7 Å². The number of fused-ring (bicyclic) bond motifs is 1. The van der Waals surface area contributed by atoms with Gasteiger partial charge in [0, 0.05) is 11.5 Å². The molecule has 0 aliphatic carbocycles. The van der Waals surface area contributed by atoms with E-state index in [9.17, 15) is 0 Å². The molecule has 2 nitrogen and oxygen atoms in total. The number of hydrogen-bond acceptors (Lipinski definition) is 4. The summed E-state index contributed by atoms with van der Waals surface area (Å²) in [6.45, 7) is 4.57. The normalized spacial score (nSPS) is 12.5. The monoisotopic (exact) mass is 408 g/mol. The Labute approximate surface area is 175 Å². The van der Waals surface area contributed by atoms with Gasteiger partial charge < -0.3 is 9.47 Å². The molecule has 0 bridgehead atoms. The van der Waals surface area contributed by atoms with Gasteiger partial charge in [-0.2, -0.15) is 0 Å². The van der Waals surface area contributed by atoms with Crippen molar-refractivity contribution in [2.45, 2.75) is 29.9 Å². The molecule has 0 radical (unpaired) electrons. The first-order valence-corrected chi connectivity index (χ1v) is 11.5. The van der Waals surface area contributed by atoms with E-state index in [2.05, 4.69) is 74.5 Å². The number of thioether (sulfide) groups is 2. The number of rotatable bonds is 7. The first-order chi connectivity index (χ1) is 13.7. The number of benzene rings is 3. The average molecular weight is 409 g/mol. The highest BCUT2D eigenvalue weighted by molar-refractivity contribution is 8.15. The van der Waals surface area contributed by atoms with E-state index >= 15 is 0 Å². The SMILES string of the molecule is Cc1ccc(CSC(SCc2ccc(C)cc2)c2ccc3c(c2)OCO3)cc1. The van der Waals surface area contributed by atoms with Gasteiger partial charge in [-0.25, -0.2) is 0 Å². The van der Waals surface area contributed by atoms with Crippen LogP contribution in [0.4, 0.5) is 0 Å². The minimum atomic E-state index is 0.316. The molecule has 4 heteroatoms. The zero-order chi connectivity index (χ0) is 19.3. The summed E-state index contributed by atoms with van der Waals surface area (Å²) < 4.78 is 11.4. The van der Waals surface area contributed by atoms with Crippen molar-refractivity contribution in [1.82, 2.24) is 0 Å². The molecule has 3 aromatic carbocycles. The predicted octanol–water partition coefficient (Wildman–Crippen LogP) is 6.90. The van der Waals surface area contributed by atoms with Crippen molar-refractivity contribution >= 4 is 23.5 Å². The van der Waals surface area contributed by atoms with E-state index in [4.69, 9.17) is 9.47 Å². The fourth-order valence-corrected chi connectivity index (χ4v) is 5.56. The van der Waals surface area contributed by atoms with Crippen molar-refractivity contribution < 1.29 is 9.47 Å².